The fraction of sp³-hybridized carbons (Fsp3) is 0.333. The molecule has 2 aromatic heterocycles. The Balaban J connectivity index is 1.52. The molecule has 3 aromatic rings. The molecule has 0 unspecified atom stereocenters. The van der Waals surface area contributed by atoms with E-state index in [2.05, 4.69) is 42.9 Å². The number of piperidine rings is 1. The number of sulfone groups is 1. The van der Waals surface area contributed by atoms with Crippen molar-refractivity contribution < 1.29 is 13.2 Å². The first-order valence-electron chi connectivity index (χ1n) is 9.69. The van der Waals surface area contributed by atoms with Gasteiger partial charge in [0, 0.05) is 18.2 Å². The molecule has 0 atom stereocenters. The predicted molar refractivity (Wildman–Crippen MR) is 122 cm³/mol. The molecule has 1 aromatic carbocycles. The fourth-order valence-electron chi connectivity index (χ4n) is 4.01. The first-order chi connectivity index (χ1) is 14.3. The summed E-state index contributed by atoms with van der Waals surface area (Å²) < 4.78 is 24.2. The van der Waals surface area contributed by atoms with E-state index in [1.54, 1.807) is 0 Å². The number of halogens is 1. The van der Waals surface area contributed by atoms with Gasteiger partial charge in [-0.1, -0.05) is 24.3 Å². The summed E-state index contributed by atoms with van der Waals surface area (Å²) >= 11 is 3.59. The van der Waals surface area contributed by atoms with Crippen molar-refractivity contribution in [2.24, 2.45) is 0 Å². The molecule has 0 spiro atoms. The first-order valence-corrected chi connectivity index (χ1v) is 12.4. The highest BCUT2D eigenvalue weighted by Crippen LogP contribution is 2.37. The van der Waals surface area contributed by atoms with Crippen molar-refractivity contribution in [3.05, 3.63) is 46.1 Å². The van der Waals surface area contributed by atoms with Crippen LogP contribution in [0.4, 0.5) is 5.69 Å². The van der Waals surface area contributed by atoms with Gasteiger partial charge in [0.1, 0.15) is 15.5 Å². The van der Waals surface area contributed by atoms with Gasteiger partial charge in [0.05, 0.1) is 32.9 Å². The third kappa shape index (κ3) is 4.01. The lowest BCUT2D eigenvalue weighted by Crippen LogP contribution is -2.38. The van der Waals surface area contributed by atoms with E-state index >= 15 is 0 Å². The second-order valence-corrected chi connectivity index (χ2v) is 10.9. The first kappa shape index (κ1) is 21.0. The number of benzene rings is 1. The summed E-state index contributed by atoms with van der Waals surface area (Å²) in [5.74, 6) is 0. The van der Waals surface area contributed by atoms with Crippen LogP contribution < -0.4 is 5.73 Å². The second kappa shape index (κ2) is 8.13. The van der Waals surface area contributed by atoms with E-state index in [0.717, 1.165) is 41.7 Å². The number of hydrogen-bond donors (Lipinski definition) is 2. The Morgan fingerprint density at radius 3 is 2.53 bits per heavy atom. The number of pyridine rings is 1. The van der Waals surface area contributed by atoms with E-state index in [0.29, 0.717) is 35.1 Å². The molecule has 9 heteroatoms. The van der Waals surface area contributed by atoms with Gasteiger partial charge in [0.25, 0.3) is 0 Å². The zero-order chi connectivity index (χ0) is 21.5. The molecule has 0 saturated carbocycles. The van der Waals surface area contributed by atoms with Crippen LogP contribution in [0.5, 0.6) is 0 Å². The highest BCUT2D eigenvalue weighted by molar-refractivity contribution is 9.10. The van der Waals surface area contributed by atoms with Gasteiger partial charge in [-0.15, -0.1) is 0 Å². The number of rotatable bonds is 5. The molecule has 0 aliphatic carbocycles. The quantitative estimate of drug-likeness (QED) is 0.530. The van der Waals surface area contributed by atoms with E-state index in [1.165, 1.54) is 18.0 Å². The van der Waals surface area contributed by atoms with Crippen LogP contribution in [0.25, 0.3) is 22.3 Å². The van der Waals surface area contributed by atoms with E-state index < -0.39 is 9.84 Å². The average Bonchev–Trinajstić information content (AvgIpc) is 3.05. The Labute approximate surface area is 183 Å². The molecule has 0 radical (unpaired) electrons. The number of anilines is 1. The molecular weight excluding hydrogens is 468 g/mol. The maximum absolute atomic E-state index is 11.7. The molecule has 3 N–H and O–H groups in total. The Morgan fingerprint density at radius 1 is 1.27 bits per heavy atom. The van der Waals surface area contributed by atoms with Crippen LogP contribution in [0.3, 0.4) is 0 Å². The van der Waals surface area contributed by atoms with Crippen molar-refractivity contribution in [2.45, 2.75) is 24.6 Å². The van der Waals surface area contributed by atoms with Crippen LogP contribution in [0.15, 0.2) is 34.9 Å². The van der Waals surface area contributed by atoms with Gasteiger partial charge in [-0.2, -0.15) is 0 Å². The van der Waals surface area contributed by atoms with Crippen LogP contribution in [0, 0.1) is 0 Å². The standard InChI is InChI=1S/C21H23BrN4O3S/c1-30(28,29)15-6-8-26(9-7-15)11-13-2-4-14(5-3-13)20-19(22)18-16(12-27)17(23)10-24-21(18)25-20/h2-5,10,12,15H,6-9,11,23H2,1H3,(H,24,25). The van der Waals surface area contributed by atoms with Gasteiger partial charge >= 0.3 is 0 Å². The molecule has 1 aliphatic heterocycles. The Bertz CT molecular complexity index is 1200. The normalized spacial score (nSPS) is 16.2. The number of carbonyl (C=O) groups is 1. The number of aromatic nitrogens is 2. The van der Waals surface area contributed by atoms with E-state index in [9.17, 15) is 13.2 Å². The zero-order valence-electron chi connectivity index (χ0n) is 16.6. The highest BCUT2D eigenvalue weighted by atomic mass is 79.9. The van der Waals surface area contributed by atoms with Gasteiger partial charge in [0.2, 0.25) is 0 Å². The number of fused-ring (bicyclic) bond motifs is 1. The summed E-state index contributed by atoms with van der Waals surface area (Å²) in [6, 6.07) is 8.19. The molecule has 0 amide bonds. The van der Waals surface area contributed by atoms with E-state index in [-0.39, 0.29) is 5.25 Å². The summed E-state index contributed by atoms with van der Waals surface area (Å²) in [6.07, 6.45) is 4.94. The number of nitrogen functional groups attached to an aromatic ring is 1. The SMILES string of the molecule is CS(=O)(=O)C1CCN(Cc2ccc(-c3[nH]c4ncc(N)c(C=O)c4c3Br)cc2)CC1. The number of likely N-dealkylation sites (tertiary alicyclic amines) is 1. The number of aromatic amines is 1. The van der Waals surface area contributed by atoms with Gasteiger partial charge in [0.15, 0.2) is 6.29 Å². The average molecular weight is 491 g/mol. The summed E-state index contributed by atoms with van der Waals surface area (Å²) in [7, 11) is -2.95. The molecule has 3 heterocycles. The minimum absolute atomic E-state index is 0.214. The summed E-state index contributed by atoms with van der Waals surface area (Å²) in [5, 5.41) is 0.465. The van der Waals surface area contributed by atoms with Gasteiger partial charge in [-0.25, -0.2) is 13.4 Å². The summed E-state index contributed by atoms with van der Waals surface area (Å²) in [5.41, 5.74) is 10.2. The number of nitrogens with two attached hydrogens (primary N) is 1. The molecule has 30 heavy (non-hydrogen) atoms. The summed E-state index contributed by atoms with van der Waals surface area (Å²) in [4.78, 5) is 21.3. The van der Waals surface area contributed by atoms with Crippen LogP contribution in [-0.2, 0) is 16.4 Å². The third-order valence-corrected chi connectivity index (χ3v) is 8.21. The number of carbonyl (C=O) groups excluding carboxylic acids is 1. The third-order valence-electron chi connectivity index (χ3n) is 5.74. The molecule has 4 rings (SSSR count). The van der Waals surface area contributed by atoms with Crippen molar-refractivity contribution in [2.75, 3.05) is 25.1 Å². The Hall–Kier alpha value is -2.23. The predicted octanol–water partition coefficient (Wildman–Crippen LogP) is 3.40. The highest BCUT2D eigenvalue weighted by Gasteiger charge is 2.26. The molecule has 158 valence electrons. The number of H-pyrrole nitrogens is 1. The minimum atomic E-state index is -2.95. The van der Waals surface area contributed by atoms with Crippen molar-refractivity contribution in [3.8, 4) is 11.3 Å². The zero-order valence-corrected chi connectivity index (χ0v) is 19.0. The molecule has 7 nitrogen and oxygen atoms in total. The second-order valence-electron chi connectivity index (χ2n) is 7.78. The molecule has 1 saturated heterocycles. The maximum Gasteiger partial charge on any atom is 0.152 e. The smallest absolute Gasteiger partial charge is 0.152 e. The van der Waals surface area contributed by atoms with Gasteiger partial charge in [-0.3, -0.25) is 9.69 Å². The number of nitrogens with one attached hydrogen (secondary N) is 1. The fourth-order valence-corrected chi connectivity index (χ4v) is 5.81. The molecule has 0 bridgehead atoms. The lowest BCUT2D eigenvalue weighted by molar-refractivity contribution is 0.112. The van der Waals surface area contributed by atoms with Crippen LogP contribution >= 0.6 is 15.9 Å². The van der Waals surface area contributed by atoms with Crippen molar-refractivity contribution in [1.29, 1.82) is 0 Å². The maximum atomic E-state index is 11.7. The monoisotopic (exact) mass is 490 g/mol. The minimum Gasteiger partial charge on any atom is -0.397 e. The van der Waals surface area contributed by atoms with Crippen molar-refractivity contribution >= 4 is 48.8 Å². The van der Waals surface area contributed by atoms with Gasteiger partial charge in [-0.05, 0) is 53.0 Å². The van der Waals surface area contributed by atoms with Crippen LogP contribution in [0.2, 0.25) is 0 Å². The van der Waals surface area contributed by atoms with Crippen LogP contribution in [0.1, 0.15) is 28.8 Å². The largest absolute Gasteiger partial charge is 0.397 e. The number of aldehydes is 1. The van der Waals surface area contributed by atoms with Crippen molar-refractivity contribution in [1.82, 2.24) is 14.9 Å². The molecule has 1 aliphatic rings. The van der Waals surface area contributed by atoms with Gasteiger partial charge < -0.3 is 10.7 Å². The summed E-state index contributed by atoms with van der Waals surface area (Å²) in [6.45, 7) is 2.36. The Kier molecular flexibility index (Phi) is 5.69. The van der Waals surface area contributed by atoms with E-state index in [1.807, 2.05) is 12.1 Å². The lowest BCUT2D eigenvalue weighted by Gasteiger charge is -2.31. The molecule has 1 fully saturated rings. The van der Waals surface area contributed by atoms with E-state index in [4.69, 9.17) is 5.73 Å². The van der Waals surface area contributed by atoms with Crippen molar-refractivity contribution in [3.63, 3.8) is 0 Å². The number of nitrogens with zero attached hydrogens (tertiary/aromatic N) is 2. The molecular formula is C21H23BrN4O3S. The Morgan fingerprint density at radius 2 is 1.93 bits per heavy atom. The lowest BCUT2D eigenvalue weighted by atomic mass is 10.1. The van der Waals surface area contributed by atoms with Crippen LogP contribution in [-0.4, -0.2) is 54.2 Å². The topological polar surface area (TPSA) is 109 Å². The number of hydrogen-bond acceptors (Lipinski definition) is 6.